The number of hydrogen-bond acceptors (Lipinski definition) is 7. The van der Waals surface area contributed by atoms with Gasteiger partial charge in [0, 0.05) is 22.0 Å². The van der Waals surface area contributed by atoms with Crippen LogP contribution in [0.5, 0.6) is 5.75 Å². The molecule has 0 aliphatic rings. The lowest BCUT2D eigenvalue weighted by molar-refractivity contribution is -0.113. The van der Waals surface area contributed by atoms with E-state index in [0.29, 0.717) is 33.0 Å². The highest BCUT2D eigenvalue weighted by atomic mass is 35.5. The van der Waals surface area contributed by atoms with E-state index in [4.69, 9.17) is 16.3 Å². The van der Waals surface area contributed by atoms with Crippen molar-refractivity contribution in [2.75, 3.05) is 25.3 Å². The summed E-state index contributed by atoms with van der Waals surface area (Å²) in [6.07, 6.45) is 0. The molecule has 0 saturated heterocycles. The number of hydrogen-bond donors (Lipinski definition) is 1. The van der Waals surface area contributed by atoms with E-state index in [1.165, 1.54) is 18.9 Å². The summed E-state index contributed by atoms with van der Waals surface area (Å²) in [5.74, 6) is 0.733. The van der Waals surface area contributed by atoms with Gasteiger partial charge in [0.1, 0.15) is 5.75 Å². The predicted octanol–water partition coefficient (Wildman–Crippen LogP) is 5.11. The van der Waals surface area contributed by atoms with Crippen molar-refractivity contribution in [2.45, 2.75) is 5.16 Å². The monoisotopic (exact) mass is 508 g/mol. The Morgan fingerprint density at radius 1 is 1.00 bits per heavy atom. The van der Waals surface area contributed by atoms with Gasteiger partial charge in [0.05, 0.1) is 25.5 Å². The van der Waals surface area contributed by atoms with Crippen LogP contribution in [0.2, 0.25) is 5.02 Å². The molecule has 0 aliphatic heterocycles. The van der Waals surface area contributed by atoms with Crippen LogP contribution >= 0.6 is 23.4 Å². The lowest BCUT2D eigenvalue weighted by Gasteiger charge is -2.11. The standard InChI is InChI=1S/C25H21ClN4O4S/c1-33-21-5-3-4-17(14-21)23-28-29-25(30(23)20-12-8-18(26)9-13-20)35-15-22(31)27-19-10-6-16(7-11-19)24(32)34-2/h3-14H,15H2,1-2H3,(H,27,31). The number of halogens is 1. The number of nitrogens with zero attached hydrogens (tertiary/aromatic N) is 3. The lowest BCUT2D eigenvalue weighted by Crippen LogP contribution is -2.14. The molecule has 0 fully saturated rings. The molecule has 4 rings (SSSR count). The van der Waals surface area contributed by atoms with Crippen LogP contribution in [0, 0.1) is 0 Å². The molecule has 1 heterocycles. The molecule has 35 heavy (non-hydrogen) atoms. The summed E-state index contributed by atoms with van der Waals surface area (Å²) in [5, 5.41) is 12.7. The number of benzene rings is 3. The first-order valence-corrected chi connectivity index (χ1v) is 11.8. The quantitative estimate of drug-likeness (QED) is 0.261. The van der Waals surface area contributed by atoms with Gasteiger partial charge < -0.3 is 14.8 Å². The Morgan fingerprint density at radius 2 is 1.74 bits per heavy atom. The van der Waals surface area contributed by atoms with Crippen molar-refractivity contribution in [3.8, 4) is 22.8 Å². The second kappa shape index (κ2) is 11.1. The minimum absolute atomic E-state index is 0.0998. The highest BCUT2D eigenvalue weighted by Gasteiger charge is 2.18. The van der Waals surface area contributed by atoms with E-state index >= 15 is 0 Å². The molecule has 178 valence electrons. The van der Waals surface area contributed by atoms with Gasteiger partial charge in [0.25, 0.3) is 0 Å². The highest BCUT2D eigenvalue weighted by molar-refractivity contribution is 7.99. The van der Waals surface area contributed by atoms with Gasteiger partial charge in [0.15, 0.2) is 11.0 Å². The fourth-order valence-corrected chi connectivity index (χ4v) is 4.15. The Balaban J connectivity index is 1.55. The number of aromatic nitrogens is 3. The van der Waals surface area contributed by atoms with E-state index in [2.05, 4.69) is 20.3 Å². The number of carbonyl (C=O) groups is 2. The molecule has 1 amide bonds. The van der Waals surface area contributed by atoms with Crippen LogP contribution in [0.25, 0.3) is 17.1 Å². The molecule has 0 bridgehead atoms. The molecule has 0 radical (unpaired) electrons. The van der Waals surface area contributed by atoms with Crippen molar-refractivity contribution in [3.63, 3.8) is 0 Å². The van der Waals surface area contributed by atoms with Crippen molar-refractivity contribution >= 4 is 40.9 Å². The van der Waals surface area contributed by atoms with E-state index in [-0.39, 0.29) is 11.7 Å². The van der Waals surface area contributed by atoms with Gasteiger partial charge in [-0.2, -0.15) is 0 Å². The third kappa shape index (κ3) is 5.82. The summed E-state index contributed by atoms with van der Waals surface area (Å²) in [7, 11) is 2.92. The van der Waals surface area contributed by atoms with Crippen LogP contribution in [0.15, 0.2) is 78.0 Å². The fraction of sp³-hybridized carbons (Fsp3) is 0.120. The maximum absolute atomic E-state index is 12.6. The summed E-state index contributed by atoms with van der Waals surface area (Å²) in [5.41, 5.74) is 2.59. The van der Waals surface area contributed by atoms with Crippen LogP contribution in [0.4, 0.5) is 5.69 Å². The van der Waals surface area contributed by atoms with Gasteiger partial charge in [-0.25, -0.2) is 4.79 Å². The van der Waals surface area contributed by atoms with Crippen molar-refractivity contribution < 1.29 is 19.1 Å². The molecule has 3 aromatic carbocycles. The number of esters is 1. The molecule has 1 aromatic heterocycles. The Bertz CT molecular complexity index is 1340. The van der Waals surface area contributed by atoms with E-state index in [0.717, 1.165) is 11.3 Å². The first-order chi connectivity index (χ1) is 17.0. The van der Waals surface area contributed by atoms with E-state index in [1.54, 1.807) is 43.5 Å². The van der Waals surface area contributed by atoms with Crippen LogP contribution in [0.1, 0.15) is 10.4 Å². The van der Waals surface area contributed by atoms with Gasteiger partial charge >= 0.3 is 5.97 Å². The number of ether oxygens (including phenoxy) is 2. The summed E-state index contributed by atoms with van der Waals surface area (Å²) >= 11 is 7.33. The number of thioether (sulfide) groups is 1. The molecule has 8 nitrogen and oxygen atoms in total. The Morgan fingerprint density at radius 3 is 2.43 bits per heavy atom. The smallest absolute Gasteiger partial charge is 0.337 e. The number of nitrogens with one attached hydrogen (secondary N) is 1. The average Bonchev–Trinajstić information content (AvgIpc) is 3.32. The Hall–Kier alpha value is -3.82. The molecule has 1 N–H and O–H groups in total. The van der Waals surface area contributed by atoms with Gasteiger partial charge in [-0.3, -0.25) is 9.36 Å². The second-order valence-corrected chi connectivity index (χ2v) is 8.63. The molecule has 10 heteroatoms. The van der Waals surface area contributed by atoms with Crippen molar-refractivity contribution in [2.24, 2.45) is 0 Å². The van der Waals surface area contributed by atoms with E-state index in [9.17, 15) is 9.59 Å². The normalized spacial score (nSPS) is 10.6. The predicted molar refractivity (Wildman–Crippen MR) is 135 cm³/mol. The van der Waals surface area contributed by atoms with Gasteiger partial charge in [-0.1, -0.05) is 35.5 Å². The van der Waals surface area contributed by atoms with Crippen molar-refractivity contribution in [1.29, 1.82) is 0 Å². The SMILES string of the molecule is COC(=O)c1ccc(NC(=O)CSc2nnc(-c3cccc(OC)c3)n2-c2ccc(Cl)cc2)cc1. The van der Waals surface area contributed by atoms with E-state index < -0.39 is 5.97 Å². The van der Waals surface area contributed by atoms with Gasteiger partial charge in [-0.15, -0.1) is 10.2 Å². The first kappa shape index (κ1) is 24.3. The third-order valence-corrected chi connectivity index (χ3v) is 6.15. The summed E-state index contributed by atoms with van der Waals surface area (Å²) in [4.78, 5) is 24.2. The fourth-order valence-electron chi connectivity index (χ4n) is 3.27. The van der Waals surface area contributed by atoms with Crippen LogP contribution in [0.3, 0.4) is 0 Å². The summed E-state index contributed by atoms with van der Waals surface area (Å²) in [6.45, 7) is 0. The second-order valence-electron chi connectivity index (χ2n) is 7.26. The van der Waals surface area contributed by atoms with Gasteiger partial charge in [-0.05, 0) is 60.7 Å². The molecule has 0 saturated carbocycles. The third-order valence-electron chi connectivity index (χ3n) is 4.97. The molecule has 0 atom stereocenters. The molecule has 0 spiro atoms. The molecular weight excluding hydrogens is 488 g/mol. The summed E-state index contributed by atoms with van der Waals surface area (Å²) < 4.78 is 11.9. The Labute approximate surface area is 211 Å². The number of rotatable bonds is 8. The molecular formula is C25H21ClN4O4S. The topological polar surface area (TPSA) is 95.3 Å². The molecule has 0 aliphatic carbocycles. The lowest BCUT2D eigenvalue weighted by atomic mass is 10.2. The number of anilines is 1. The van der Waals surface area contributed by atoms with Crippen LogP contribution in [-0.4, -0.2) is 46.6 Å². The first-order valence-electron chi connectivity index (χ1n) is 10.5. The van der Waals surface area contributed by atoms with Crippen molar-refractivity contribution in [1.82, 2.24) is 14.8 Å². The summed E-state index contributed by atoms with van der Waals surface area (Å²) in [6, 6.07) is 21.3. The zero-order valence-electron chi connectivity index (χ0n) is 18.9. The molecule has 4 aromatic rings. The zero-order valence-corrected chi connectivity index (χ0v) is 20.5. The van der Waals surface area contributed by atoms with Crippen LogP contribution in [-0.2, 0) is 9.53 Å². The zero-order chi connectivity index (χ0) is 24.8. The van der Waals surface area contributed by atoms with Crippen molar-refractivity contribution in [3.05, 3.63) is 83.4 Å². The molecule has 0 unspecified atom stereocenters. The van der Waals surface area contributed by atoms with E-state index in [1.807, 2.05) is 41.0 Å². The largest absolute Gasteiger partial charge is 0.497 e. The minimum atomic E-state index is -0.438. The highest BCUT2D eigenvalue weighted by Crippen LogP contribution is 2.30. The number of carbonyl (C=O) groups excluding carboxylic acids is 2. The van der Waals surface area contributed by atoms with Crippen LogP contribution < -0.4 is 10.1 Å². The Kier molecular flexibility index (Phi) is 7.69. The van der Waals surface area contributed by atoms with Gasteiger partial charge in [0.2, 0.25) is 5.91 Å². The number of methoxy groups -OCH3 is 2. The maximum Gasteiger partial charge on any atom is 0.337 e. The average molecular weight is 509 g/mol. The number of amides is 1. The minimum Gasteiger partial charge on any atom is -0.497 e. The maximum atomic E-state index is 12.6.